The smallest absolute Gasteiger partial charge is 0.0786 e. The first-order valence-corrected chi connectivity index (χ1v) is 4.45. The van der Waals surface area contributed by atoms with Crippen LogP contribution in [0, 0.1) is 0 Å². The number of aliphatic hydroxyl groups excluding tert-OH is 1. The molecular weight excluding hydrogens is 164 g/mol. The molecule has 13 heavy (non-hydrogen) atoms. The van der Waals surface area contributed by atoms with Crippen LogP contribution in [0.25, 0.3) is 0 Å². The van der Waals surface area contributed by atoms with E-state index in [0.29, 0.717) is 13.1 Å². The lowest BCUT2D eigenvalue weighted by Crippen LogP contribution is -2.32. The summed E-state index contributed by atoms with van der Waals surface area (Å²) in [6.07, 6.45) is -0.441. The van der Waals surface area contributed by atoms with Gasteiger partial charge in [0.15, 0.2) is 0 Å². The highest BCUT2D eigenvalue weighted by Gasteiger charge is 1.98. The van der Waals surface area contributed by atoms with Crippen molar-refractivity contribution in [3.8, 4) is 0 Å². The van der Waals surface area contributed by atoms with Gasteiger partial charge in [0, 0.05) is 19.6 Å². The first-order valence-electron chi connectivity index (χ1n) is 4.45. The molecule has 0 bridgehead atoms. The summed E-state index contributed by atoms with van der Waals surface area (Å²) in [7, 11) is 0. The predicted molar refractivity (Wildman–Crippen MR) is 53.2 cm³/mol. The quantitative estimate of drug-likeness (QED) is 0.602. The van der Waals surface area contributed by atoms with Crippen LogP contribution in [0.3, 0.4) is 0 Å². The van der Waals surface area contributed by atoms with Gasteiger partial charge in [-0.1, -0.05) is 30.3 Å². The van der Waals surface area contributed by atoms with Crippen LogP contribution in [0.1, 0.15) is 5.56 Å². The third kappa shape index (κ3) is 4.03. The fourth-order valence-electron chi connectivity index (χ4n) is 1.06. The molecule has 0 radical (unpaired) electrons. The molecule has 0 amide bonds. The summed E-state index contributed by atoms with van der Waals surface area (Å²) in [5.41, 5.74) is 6.48. The third-order valence-electron chi connectivity index (χ3n) is 1.82. The molecule has 0 saturated heterocycles. The second kappa shape index (κ2) is 5.70. The fourth-order valence-corrected chi connectivity index (χ4v) is 1.06. The van der Waals surface area contributed by atoms with E-state index >= 15 is 0 Å². The van der Waals surface area contributed by atoms with E-state index in [0.717, 1.165) is 6.54 Å². The lowest BCUT2D eigenvalue weighted by atomic mass is 10.2. The second-order valence-corrected chi connectivity index (χ2v) is 3.01. The number of rotatable bonds is 5. The zero-order valence-corrected chi connectivity index (χ0v) is 7.61. The van der Waals surface area contributed by atoms with Gasteiger partial charge in [-0.2, -0.15) is 0 Å². The number of aliphatic hydroxyl groups is 1. The molecule has 0 aliphatic heterocycles. The van der Waals surface area contributed by atoms with Gasteiger partial charge in [0.2, 0.25) is 0 Å². The van der Waals surface area contributed by atoms with E-state index < -0.39 is 6.10 Å². The van der Waals surface area contributed by atoms with Crippen molar-refractivity contribution in [2.75, 3.05) is 13.1 Å². The van der Waals surface area contributed by atoms with E-state index in [-0.39, 0.29) is 0 Å². The molecule has 0 aliphatic rings. The number of nitrogens with one attached hydrogen (secondary N) is 1. The minimum atomic E-state index is -0.441. The molecule has 1 aromatic rings. The van der Waals surface area contributed by atoms with Gasteiger partial charge in [-0.3, -0.25) is 0 Å². The van der Waals surface area contributed by atoms with E-state index in [9.17, 15) is 0 Å². The molecule has 0 aromatic heterocycles. The summed E-state index contributed by atoms with van der Waals surface area (Å²) in [4.78, 5) is 0. The van der Waals surface area contributed by atoms with Crippen LogP contribution in [0.4, 0.5) is 0 Å². The summed E-state index contributed by atoms with van der Waals surface area (Å²) in [6, 6.07) is 10.1. The maximum Gasteiger partial charge on any atom is 0.0786 e. The number of nitrogens with two attached hydrogens (primary N) is 1. The van der Waals surface area contributed by atoms with Crippen LogP contribution in [0.5, 0.6) is 0 Å². The van der Waals surface area contributed by atoms with E-state index in [4.69, 9.17) is 10.8 Å². The molecule has 0 heterocycles. The zero-order valence-electron chi connectivity index (χ0n) is 7.61. The number of hydrogen-bond acceptors (Lipinski definition) is 3. The molecule has 1 aromatic carbocycles. The Labute approximate surface area is 78.6 Å². The maximum atomic E-state index is 9.15. The van der Waals surface area contributed by atoms with Crippen LogP contribution in [-0.4, -0.2) is 24.3 Å². The highest BCUT2D eigenvalue weighted by molar-refractivity contribution is 5.14. The number of benzene rings is 1. The first-order chi connectivity index (χ1) is 6.33. The summed E-state index contributed by atoms with van der Waals surface area (Å²) in [5.74, 6) is 0. The van der Waals surface area contributed by atoms with Crippen LogP contribution < -0.4 is 11.1 Å². The van der Waals surface area contributed by atoms with Crippen molar-refractivity contribution in [2.45, 2.75) is 12.6 Å². The third-order valence-corrected chi connectivity index (χ3v) is 1.82. The minimum absolute atomic E-state index is 0.307. The Morgan fingerprint density at radius 3 is 2.62 bits per heavy atom. The number of hydrogen-bond donors (Lipinski definition) is 3. The van der Waals surface area contributed by atoms with E-state index in [2.05, 4.69) is 5.32 Å². The summed E-state index contributed by atoms with van der Waals surface area (Å²) < 4.78 is 0. The van der Waals surface area contributed by atoms with Crippen LogP contribution >= 0.6 is 0 Å². The van der Waals surface area contributed by atoms with Crippen LogP contribution in [-0.2, 0) is 6.54 Å². The van der Waals surface area contributed by atoms with Gasteiger partial charge < -0.3 is 16.2 Å². The lowest BCUT2D eigenvalue weighted by molar-refractivity contribution is 0.179. The van der Waals surface area contributed by atoms with Crippen molar-refractivity contribution in [1.29, 1.82) is 0 Å². The average Bonchev–Trinajstić information content (AvgIpc) is 2.19. The molecule has 0 aliphatic carbocycles. The SMILES string of the molecule is NCC(O)CNCc1ccccc1. The Hall–Kier alpha value is -0.900. The van der Waals surface area contributed by atoms with Crippen molar-refractivity contribution in [2.24, 2.45) is 5.73 Å². The van der Waals surface area contributed by atoms with E-state index in [1.54, 1.807) is 0 Å². The van der Waals surface area contributed by atoms with Crippen molar-refractivity contribution >= 4 is 0 Å². The average molecular weight is 180 g/mol. The van der Waals surface area contributed by atoms with Crippen molar-refractivity contribution < 1.29 is 5.11 Å². The molecule has 4 N–H and O–H groups in total. The molecule has 3 heteroatoms. The van der Waals surface area contributed by atoms with Crippen molar-refractivity contribution in [1.82, 2.24) is 5.32 Å². The van der Waals surface area contributed by atoms with E-state index in [1.165, 1.54) is 5.56 Å². The predicted octanol–water partition coefficient (Wildman–Crippen LogP) is 0.0958. The van der Waals surface area contributed by atoms with Gasteiger partial charge in [0.05, 0.1) is 6.10 Å². The fraction of sp³-hybridized carbons (Fsp3) is 0.400. The Balaban J connectivity index is 2.20. The Bertz CT molecular complexity index is 226. The highest BCUT2D eigenvalue weighted by Crippen LogP contribution is 1.96. The van der Waals surface area contributed by atoms with Crippen molar-refractivity contribution in [3.05, 3.63) is 35.9 Å². The van der Waals surface area contributed by atoms with E-state index in [1.807, 2.05) is 30.3 Å². The van der Waals surface area contributed by atoms with Gasteiger partial charge in [-0.25, -0.2) is 0 Å². The second-order valence-electron chi connectivity index (χ2n) is 3.01. The normalized spacial score (nSPS) is 12.8. The Morgan fingerprint density at radius 1 is 1.31 bits per heavy atom. The molecule has 3 nitrogen and oxygen atoms in total. The molecule has 1 atom stereocenters. The molecule has 0 fully saturated rings. The highest BCUT2D eigenvalue weighted by atomic mass is 16.3. The van der Waals surface area contributed by atoms with Gasteiger partial charge >= 0.3 is 0 Å². The Kier molecular flexibility index (Phi) is 4.46. The zero-order chi connectivity index (χ0) is 9.52. The maximum absolute atomic E-state index is 9.15. The lowest BCUT2D eigenvalue weighted by Gasteiger charge is -2.08. The minimum Gasteiger partial charge on any atom is -0.390 e. The molecule has 0 saturated carbocycles. The van der Waals surface area contributed by atoms with Gasteiger partial charge in [-0.15, -0.1) is 0 Å². The van der Waals surface area contributed by atoms with Gasteiger partial charge in [0.25, 0.3) is 0 Å². The topological polar surface area (TPSA) is 58.3 Å². The first kappa shape index (κ1) is 10.2. The molecule has 1 rings (SSSR count). The van der Waals surface area contributed by atoms with Crippen LogP contribution in [0.15, 0.2) is 30.3 Å². The van der Waals surface area contributed by atoms with Gasteiger partial charge in [0.1, 0.15) is 0 Å². The van der Waals surface area contributed by atoms with Crippen molar-refractivity contribution in [3.63, 3.8) is 0 Å². The summed E-state index contributed by atoms with van der Waals surface area (Å²) in [5, 5.41) is 12.3. The molecular formula is C10H16N2O. The Morgan fingerprint density at radius 2 is 2.00 bits per heavy atom. The standard InChI is InChI=1S/C10H16N2O/c11-6-10(13)8-12-7-9-4-2-1-3-5-9/h1-5,10,12-13H,6-8,11H2. The molecule has 0 spiro atoms. The van der Waals surface area contributed by atoms with Gasteiger partial charge in [-0.05, 0) is 5.56 Å². The monoisotopic (exact) mass is 180 g/mol. The molecule has 1 unspecified atom stereocenters. The van der Waals surface area contributed by atoms with Crippen LogP contribution in [0.2, 0.25) is 0 Å². The summed E-state index contributed by atoms with van der Waals surface area (Å²) >= 11 is 0. The largest absolute Gasteiger partial charge is 0.390 e. The molecule has 72 valence electrons. The summed E-state index contributed by atoms with van der Waals surface area (Å²) in [6.45, 7) is 1.63.